The normalized spacial score (nSPS) is 28.3. The van der Waals surface area contributed by atoms with Crippen molar-refractivity contribution < 1.29 is 9.53 Å². The molecule has 0 spiro atoms. The van der Waals surface area contributed by atoms with Gasteiger partial charge in [0.25, 0.3) is 0 Å². The summed E-state index contributed by atoms with van der Waals surface area (Å²) < 4.78 is 5.52. The van der Waals surface area contributed by atoms with Crippen LogP contribution in [0.25, 0.3) is 0 Å². The monoisotopic (exact) mass is 485 g/mol. The molecule has 1 aromatic heterocycles. The number of methoxy groups -OCH3 is 1. The Hall–Kier alpha value is -1.73. The van der Waals surface area contributed by atoms with E-state index in [0.29, 0.717) is 18.1 Å². The molecule has 0 unspecified atom stereocenters. The highest BCUT2D eigenvalue weighted by molar-refractivity contribution is 5.73. The summed E-state index contributed by atoms with van der Waals surface area (Å²) in [6.07, 6.45) is 9.73. The second kappa shape index (κ2) is 11.5. The Labute approximate surface area is 212 Å². The smallest absolute Gasteiger partial charge is 0.217 e. The second-order valence-corrected chi connectivity index (χ2v) is 12.1. The molecule has 1 aliphatic heterocycles. The van der Waals surface area contributed by atoms with Gasteiger partial charge in [-0.05, 0) is 70.4 Å². The van der Waals surface area contributed by atoms with Gasteiger partial charge in [-0.25, -0.2) is 9.97 Å². The standard InChI is InChI=1S/C28H47N5O2/c1-20(34)29-23-9-7-21(8-10-23)11-14-32-12-6-13-33(16-15-32)26-19-25(22-17-24(18-22)35-5)30-27(31-26)28(2,3)4/h19,21-24H,6-18H2,1-5H3,(H,29,34). The molecule has 0 atom stereocenters. The van der Waals surface area contributed by atoms with Crippen LogP contribution in [0.3, 0.4) is 0 Å². The summed E-state index contributed by atoms with van der Waals surface area (Å²) in [5, 5.41) is 3.10. The highest BCUT2D eigenvalue weighted by Crippen LogP contribution is 2.39. The highest BCUT2D eigenvalue weighted by atomic mass is 16.5. The Kier molecular flexibility index (Phi) is 8.69. The first kappa shape index (κ1) is 26.3. The average molecular weight is 486 g/mol. The second-order valence-electron chi connectivity index (χ2n) is 12.1. The van der Waals surface area contributed by atoms with Crippen molar-refractivity contribution in [3.05, 3.63) is 17.6 Å². The van der Waals surface area contributed by atoms with Gasteiger partial charge in [0.2, 0.25) is 5.91 Å². The molecule has 7 heteroatoms. The number of amides is 1. The molecular formula is C28H47N5O2. The van der Waals surface area contributed by atoms with Crippen LogP contribution in [0.5, 0.6) is 0 Å². The molecular weight excluding hydrogens is 438 g/mol. The van der Waals surface area contributed by atoms with Crippen molar-refractivity contribution >= 4 is 11.7 Å². The van der Waals surface area contributed by atoms with Crippen molar-refractivity contribution in [3.63, 3.8) is 0 Å². The third kappa shape index (κ3) is 7.16. The maximum absolute atomic E-state index is 11.3. The van der Waals surface area contributed by atoms with Crippen molar-refractivity contribution in [1.29, 1.82) is 0 Å². The number of ether oxygens (including phenoxy) is 1. The molecule has 7 nitrogen and oxygen atoms in total. The number of hydrogen-bond acceptors (Lipinski definition) is 6. The van der Waals surface area contributed by atoms with Gasteiger partial charge >= 0.3 is 0 Å². The number of anilines is 1. The molecule has 1 amide bonds. The first-order chi connectivity index (χ1) is 16.7. The van der Waals surface area contributed by atoms with E-state index in [2.05, 4.69) is 42.0 Å². The predicted octanol–water partition coefficient (Wildman–Crippen LogP) is 4.26. The zero-order valence-electron chi connectivity index (χ0n) is 22.7. The average Bonchev–Trinajstić information content (AvgIpc) is 3.03. The summed E-state index contributed by atoms with van der Waals surface area (Å²) in [6, 6.07) is 2.65. The van der Waals surface area contributed by atoms with Crippen LogP contribution in [-0.2, 0) is 14.9 Å². The molecule has 2 aliphatic carbocycles. The van der Waals surface area contributed by atoms with Gasteiger partial charge in [0.05, 0.1) is 6.10 Å². The molecule has 2 heterocycles. The lowest BCUT2D eigenvalue weighted by Crippen LogP contribution is -2.37. The Morgan fingerprint density at radius 3 is 2.49 bits per heavy atom. The van der Waals surface area contributed by atoms with Crippen molar-refractivity contribution in [3.8, 4) is 0 Å². The van der Waals surface area contributed by atoms with Gasteiger partial charge in [-0.15, -0.1) is 0 Å². The van der Waals surface area contributed by atoms with E-state index in [1.807, 2.05) is 7.11 Å². The van der Waals surface area contributed by atoms with Crippen LogP contribution < -0.4 is 10.2 Å². The zero-order valence-corrected chi connectivity index (χ0v) is 22.7. The summed E-state index contributed by atoms with van der Waals surface area (Å²) in [4.78, 5) is 26.5. The summed E-state index contributed by atoms with van der Waals surface area (Å²) in [6.45, 7) is 13.8. The maximum atomic E-state index is 11.3. The lowest BCUT2D eigenvalue weighted by atomic mass is 9.79. The molecule has 4 rings (SSSR count). The van der Waals surface area contributed by atoms with Crippen LogP contribution in [0.15, 0.2) is 6.07 Å². The van der Waals surface area contributed by atoms with Gasteiger partial charge in [0.15, 0.2) is 0 Å². The Morgan fingerprint density at radius 2 is 1.83 bits per heavy atom. The van der Waals surface area contributed by atoms with Gasteiger partial charge in [0, 0.05) is 62.8 Å². The zero-order chi connectivity index (χ0) is 25.0. The largest absolute Gasteiger partial charge is 0.381 e. The molecule has 196 valence electrons. The minimum atomic E-state index is -0.0635. The van der Waals surface area contributed by atoms with Crippen LogP contribution in [0, 0.1) is 5.92 Å². The topological polar surface area (TPSA) is 70.6 Å². The first-order valence-electron chi connectivity index (χ1n) is 13.9. The predicted molar refractivity (Wildman–Crippen MR) is 141 cm³/mol. The summed E-state index contributed by atoms with van der Waals surface area (Å²) >= 11 is 0. The quantitative estimate of drug-likeness (QED) is 0.622. The van der Waals surface area contributed by atoms with Crippen LogP contribution in [-0.4, -0.2) is 72.8 Å². The number of aromatic nitrogens is 2. The number of nitrogens with one attached hydrogen (secondary N) is 1. The highest BCUT2D eigenvalue weighted by Gasteiger charge is 2.33. The minimum absolute atomic E-state index is 0.0635. The molecule has 2 saturated carbocycles. The molecule has 0 bridgehead atoms. The third-order valence-electron chi connectivity index (χ3n) is 8.27. The fourth-order valence-electron chi connectivity index (χ4n) is 5.83. The van der Waals surface area contributed by atoms with Gasteiger partial charge in [-0.1, -0.05) is 20.8 Å². The number of rotatable bonds is 7. The maximum Gasteiger partial charge on any atom is 0.217 e. The molecule has 3 fully saturated rings. The molecule has 3 aliphatic rings. The minimum Gasteiger partial charge on any atom is -0.381 e. The molecule has 0 aromatic carbocycles. The van der Waals surface area contributed by atoms with Crippen LogP contribution >= 0.6 is 0 Å². The molecule has 1 saturated heterocycles. The van der Waals surface area contributed by atoms with Gasteiger partial charge in [-0.3, -0.25) is 4.79 Å². The summed E-state index contributed by atoms with van der Waals surface area (Å²) in [5.74, 6) is 3.48. The molecule has 35 heavy (non-hydrogen) atoms. The van der Waals surface area contributed by atoms with Crippen molar-refractivity contribution in [2.75, 3.05) is 44.7 Å². The van der Waals surface area contributed by atoms with Gasteiger partial charge in [0.1, 0.15) is 11.6 Å². The van der Waals surface area contributed by atoms with Gasteiger partial charge < -0.3 is 19.9 Å². The lowest BCUT2D eigenvalue weighted by molar-refractivity contribution is -0.119. The van der Waals surface area contributed by atoms with E-state index in [1.54, 1.807) is 6.92 Å². The SMILES string of the molecule is COC1CC(c2cc(N3CCCN(CCC4CCC(NC(C)=O)CC4)CC3)nc(C(C)(C)C)n2)C1. The lowest BCUT2D eigenvalue weighted by Gasteiger charge is -2.35. The summed E-state index contributed by atoms with van der Waals surface area (Å²) in [5.41, 5.74) is 1.13. The number of nitrogens with zero attached hydrogens (tertiary/aromatic N) is 4. The van der Waals surface area contributed by atoms with Crippen LogP contribution in [0.1, 0.15) is 96.5 Å². The third-order valence-corrected chi connectivity index (χ3v) is 8.27. The van der Waals surface area contributed by atoms with E-state index in [-0.39, 0.29) is 11.3 Å². The van der Waals surface area contributed by atoms with Crippen molar-refractivity contribution in [2.24, 2.45) is 5.92 Å². The van der Waals surface area contributed by atoms with Crippen molar-refractivity contribution in [1.82, 2.24) is 20.2 Å². The van der Waals surface area contributed by atoms with Crippen molar-refractivity contribution in [2.45, 2.75) is 103 Å². The summed E-state index contributed by atoms with van der Waals surface area (Å²) in [7, 11) is 1.81. The first-order valence-corrected chi connectivity index (χ1v) is 13.9. The fraction of sp³-hybridized carbons (Fsp3) is 0.821. The van der Waals surface area contributed by atoms with E-state index in [9.17, 15) is 4.79 Å². The number of hydrogen-bond donors (Lipinski definition) is 1. The van der Waals surface area contributed by atoms with E-state index >= 15 is 0 Å². The fourth-order valence-corrected chi connectivity index (χ4v) is 5.83. The van der Waals surface area contributed by atoms with Crippen LogP contribution in [0.4, 0.5) is 5.82 Å². The Balaban J connectivity index is 1.32. The van der Waals surface area contributed by atoms with Gasteiger partial charge in [-0.2, -0.15) is 0 Å². The van der Waals surface area contributed by atoms with E-state index in [1.165, 1.54) is 44.5 Å². The Morgan fingerprint density at radius 1 is 1.09 bits per heavy atom. The molecule has 1 aromatic rings. The van der Waals surface area contributed by atoms with E-state index < -0.39 is 0 Å². The van der Waals surface area contributed by atoms with Crippen LogP contribution in [0.2, 0.25) is 0 Å². The Bertz CT molecular complexity index is 840. The molecule has 1 N–H and O–H groups in total. The van der Waals surface area contributed by atoms with E-state index in [4.69, 9.17) is 14.7 Å². The molecule has 0 radical (unpaired) electrons. The number of carbonyl (C=O) groups is 1. The van der Waals surface area contributed by atoms with E-state index in [0.717, 1.165) is 62.9 Å². The number of carbonyl (C=O) groups excluding carboxylic acids is 1.